The molecule has 0 saturated heterocycles. The van der Waals surface area contributed by atoms with Crippen molar-refractivity contribution >= 4 is 34.0 Å². The van der Waals surface area contributed by atoms with Crippen molar-refractivity contribution in [1.82, 2.24) is 9.55 Å². The van der Waals surface area contributed by atoms with Crippen LogP contribution in [0.25, 0.3) is 10.9 Å². The lowest BCUT2D eigenvalue weighted by Crippen LogP contribution is -2.32. The second-order valence-electron chi connectivity index (χ2n) is 6.21. The van der Waals surface area contributed by atoms with Gasteiger partial charge in [-0.1, -0.05) is 29.8 Å². The summed E-state index contributed by atoms with van der Waals surface area (Å²) in [6.45, 7) is 1.07. The van der Waals surface area contributed by atoms with Crippen LogP contribution in [0, 0.1) is 10.1 Å². The maximum absolute atomic E-state index is 12.8. The SMILES string of the molecule is O=c1c(Cc2cc3ccccc3nc2Cl)cc([N+](=O)[O-])c2n1CCCN2. The lowest BCUT2D eigenvalue weighted by Gasteiger charge is -2.20. The molecule has 0 unspecified atom stereocenters. The third-order valence-electron chi connectivity index (χ3n) is 4.52. The molecule has 0 bridgehead atoms. The summed E-state index contributed by atoms with van der Waals surface area (Å²) in [6, 6.07) is 10.8. The molecule has 1 aliphatic heterocycles. The fraction of sp³-hybridized carbons (Fsp3) is 0.222. The zero-order valence-electron chi connectivity index (χ0n) is 13.7. The number of aromatic nitrogens is 2. The Kier molecular flexibility index (Phi) is 4.08. The zero-order valence-corrected chi connectivity index (χ0v) is 14.5. The highest BCUT2D eigenvalue weighted by molar-refractivity contribution is 6.30. The summed E-state index contributed by atoms with van der Waals surface area (Å²) in [6.07, 6.45) is 0.933. The van der Waals surface area contributed by atoms with Crippen molar-refractivity contribution < 1.29 is 4.92 Å². The molecule has 1 aliphatic rings. The fourth-order valence-electron chi connectivity index (χ4n) is 3.28. The molecule has 4 rings (SSSR count). The third-order valence-corrected chi connectivity index (χ3v) is 4.85. The van der Waals surface area contributed by atoms with Gasteiger partial charge in [0.25, 0.3) is 5.56 Å². The number of fused-ring (bicyclic) bond motifs is 2. The summed E-state index contributed by atoms with van der Waals surface area (Å²) < 4.78 is 1.44. The molecule has 7 nitrogen and oxygen atoms in total. The van der Waals surface area contributed by atoms with E-state index in [9.17, 15) is 14.9 Å². The number of pyridine rings is 2. The number of rotatable bonds is 3. The summed E-state index contributed by atoms with van der Waals surface area (Å²) in [4.78, 5) is 28.1. The maximum atomic E-state index is 12.8. The van der Waals surface area contributed by atoms with Crippen LogP contribution in [0.3, 0.4) is 0 Å². The van der Waals surface area contributed by atoms with E-state index in [2.05, 4.69) is 10.3 Å². The van der Waals surface area contributed by atoms with Gasteiger partial charge in [0, 0.05) is 36.5 Å². The first-order valence-electron chi connectivity index (χ1n) is 8.24. The lowest BCUT2D eigenvalue weighted by molar-refractivity contribution is -0.384. The van der Waals surface area contributed by atoms with E-state index >= 15 is 0 Å². The van der Waals surface area contributed by atoms with E-state index in [4.69, 9.17) is 11.6 Å². The van der Waals surface area contributed by atoms with Crippen LogP contribution in [0.2, 0.25) is 5.15 Å². The topological polar surface area (TPSA) is 90.1 Å². The predicted molar refractivity (Wildman–Crippen MR) is 100 cm³/mol. The van der Waals surface area contributed by atoms with Crippen LogP contribution < -0.4 is 10.9 Å². The Hall–Kier alpha value is -2.93. The van der Waals surface area contributed by atoms with Crippen LogP contribution in [0.5, 0.6) is 0 Å². The number of hydrogen-bond donors (Lipinski definition) is 1. The minimum Gasteiger partial charge on any atom is -0.366 e. The molecule has 0 amide bonds. The van der Waals surface area contributed by atoms with E-state index in [1.54, 1.807) is 0 Å². The van der Waals surface area contributed by atoms with E-state index in [0.29, 0.717) is 29.4 Å². The average Bonchev–Trinajstić information content (AvgIpc) is 2.64. The second kappa shape index (κ2) is 6.42. The molecule has 0 saturated carbocycles. The first kappa shape index (κ1) is 16.5. The number of halogens is 1. The number of hydrogen-bond acceptors (Lipinski definition) is 5. The number of nitro groups is 1. The standard InChI is InChI=1S/C18H15ClN4O3/c19-16-12(8-11-4-1-2-5-14(11)21-16)9-13-10-15(23(25)26)17-20-6-3-7-22(17)18(13)24/h1-2,4-5,8,10,20H,3,6-7,9H2. The zero-order chi connectivity index (χ0) is 18.3. The van der Waals surface area contributed by atoms with E-state index < -0.39 is 4.92 Å². The number of benzene rings is 1. The molecule has 3 heterocycles. The van der Waals surface area contributed by atoms with Gasteiger partial charge >= 0.3 is 5.69 Å². The number of nitrogens with one attached hydrogen (secondary N) is 1. The van der Waals surface area contributed by atoms with Crippen LogP contribution in [0.1, 0.15) is 17.5 Å². The van der Waals surface area contributed by atoms with Crippen molar-refractivity contribution in [3.8, 4) is 0 Å². The van der Waals surface area contributed by atoms with Crippen LogP contribution in [0.15, 0.2) is 41.2 Å². The Morgan fingerprint density at radius 1 is 1.27 bits per heavy atom. The second-order valence-corrected chi connectivity index (χ2v) is 6.56. The molecule has 3 aromatic rings. The summed E-state index contributed by atoms with van der Waals surface area (Å²) in [5, 5.41) is 15.6. The summed E-state index contributed by atoms with van der Waals surface area (Å²) in [5.41, 5.74) is 1.44. The number of para-hydroxylation sites is 1. The van der Waals surface area contributed by atoms with Crippen LogP contribution in [-0.2, 0) is 13.0 Å². The highest BCUT2D eigenvalue weighted by Gasteiger charge is 2.25. The number of anilines is 1. The summed E-state index contributed by atoms with van der Waals surface area (Å²) in [7, 11) is 0. The monoisotopic (exact) mass is 370 g/mol. The van der Waals surface area contributed by atoms with E-state index in [0.717, 1.165) is 17.3 Å². The molecule has 0 aliphatic carbocycles. The van der Waals surface area contributed by atoms with Crippen molar-refractivity contribution in [2.45, 2.75) is 19.4 Å². The molecule has 2 aromatic heterocycles. The molecular formula is C18H15ClN4O3. The molecule has 0 spiro atoms. The van der Waals surface area contributed by atoms with Crippen molar-refractivity contribution in [3.63, 3.8) is 0 Å². The third kappa shape index (κ3) is 2.80. The van der Waals surface area contributed by atoms with Crippen molar-refractivity contribution in [3.05, 3.63) is 73.1 Å². The lowest BCUT2D eigenvalue weighted by atomic mass is 10.0. The predicted octanol–water partition coefficient (Wildman–Crippen LogP) is 3.36. The first-order chi connectivity index (χ1) is 12.5. The molecular weight excluding hydrogens is 356 g/mol. The normalized spacial score (nSPS) is 13.3. The molecule has 1 aromatic carbocycles. The van der Waals surface area contributed by atoms with Gasteiger partial charge in [-0.05, 0) is 24.1 Å². The molecule has 0 radical (unpaired) electrons. The van der Waals surface area contributed by atoms with Gasteiger partial charge in [0.15, 0.2) is 5.82 Å². The minimum atomic E-state index is -0.465. The molecule has 1 N–H and O–H groups in total. The molecule has 132 valence electrons. The summed E-state index contributed by atoms with van der Waals surface area (Å²) >= 11 is 6.29. The van der Waals surface area contributed by atoms with E-state index in [-0.39, 0.29) is 23.5 Å². The minimum absolute atomic E-state index is 0.0934. The Balaban J connectivity index is 1.84. The highest BCUT2D eigenvalue weighted by Crippen LogP contribution is 2.28. The van der Waals surface area contributed by atoms with E-state index in [1.807, 2.05) is 30.3 Å². The van der Waals surface area contributed by atoms with Gasteiger partial charge in [-0.25, -0.2) is 4.98 Å². The average molecular weight is 371 g/mol. The smallest absolute Gasteiger partial charge is 0.310 e. The van der Waals surface area contributed by atoms with Crippen LogP contribution >= 0.6 is 11.6 Å². The summed E-state index contributed by atoms with van der Waals surface area (Å²) in [5.74, 6) is 0.276. The molecule has 8 heteroatoms. The molecule has 26 heavy (non-hydrogen) atoms. The van der Waals surface area contributed by atoms with Crippen molar-refractivity contribution in [1.29, 1.82) is 0 Å². The van der Waals surface area contributed by atoms with Crippen LogP contribution in [-0.4, -0.2) is 21.0 Å². The van der Waals surface area contributed by atoms with Gasteiger partial charge in [-0.2, -0.15) is 0 Å². The number of nitrogens with zero attached hydrogens (tertiary/aromatic N) is 3. The Labute approximate surface area is 153 Å². The maximum Gasteiger partial charge on any atom is 0.310 e. The Morgan fingerprint density at radius 2 is 2.08 bits per heavy atom. The van der Waals surface area contributed by atoms with Gasteiger partial charge in [-0.3, -0.25) is 19.5 Å². The fourth-order valence-corrected chi connectivity index (χ4v) is 3.50. The van der Waals surface area contributed by atoms with Gasteiger partial charge in [0.1, 0.15) is 5.15 Å². The van der Waals surface area contributed by atoms with Gasteiger partial charge < -0.3 is 5.32 Å². The van der Waals surface area contributed by atoms with Crippen LogP contribution in [0.4, 0.5) is 11.5 Å². The van der Waals surface area contributed by atoms with Crippen molar-refractivity contribution in [2.75, 3.05) is 11.9 Å². The Morgan fingerprint density at radius 3 is 2.88 bits per heavy atom. The van der Waals surface area contributed by atoms with Gasteiger partial charge in [-0.15, -0.1) is 0 Å². The van der Waals surface area contributed by atoms with Gasteiger partial charge in [0.05, 0.1) is 10.4 Å². The van der Waals surface area contributed by atoms with Gasteiger partial charge in [0.2, 0.25) is 0 Å². The molecule has 0 fully saturated rings. The highest BCUT2D eigenvalue weighted by atomic mass is 35.5. The first-order valence-corrected chi connectivity index (χ1v) is 8.61. The Bertz CT molecular complexity index is 1090. The van der Waals surface area contributed by atoms with E-state index in [1.165, 1.54) is 10.6 Å². The quantitative estimate of drug-likeness (QED) is 0.433. The molecule has 0 atom stereocenters. The largest absolute Gasteiger partial charge is 0.366 e. The van der Waals surface area contributed by atoms with Crippen molar-refractivity contribution in [2.24, 2.45) is 0 Å².